The van der Waals surface area contributed by atoms with Crippen molar-refractivity contribution in [2.24, 2.45) is 7.05 Å². The van der Waals surface area contributed by atoms with Gasteiger partial charge < -0.3 is 9.84 Å². The first-order valence-corrected chi connectivity index (χ1v) is 5.00. The highest BCUT2D eigenvalue weighted by molar-refractivity contribution is 5.05. The number of aryl methyl sites for hydroxylation is 1. The van der Waals surface area contributed by atoms with Crippen LogP contribution in [0.5, 0.6) is 0 Å². The Morgan fingerprint density at radius 3 is 2.93 bits per heavy atom. The fourth-order valence-electron chi connectivity index (χ4n) is 1.85. The Bertz CT molecular complexity index is 311. The summed E-state index contributed by atoms with van der Waals surface area (Å²) in [7, 11) is 1.84. The van der Waals surface area contributed by atoms with Gasteiger partial charge in [0.25, 0.3) is 0 Å². The second-order valence-electron chi connectivity index (χ2n) is 3.92. The van der Waals surface area contributed by atoms with E-state index in [1.807, 2.05) is 26.2 Å². The summed E-state index contributed by atoms with van der Waals surface area (Å²) >= 11 is 0. The molecular weight excluding hydrogens is 180 g/mol. The largest absolute Gasteiger partial charge is 0.384 e. The fraction of sp³-hybridized carbons (Fsp3) is 0.700. The lowest BCUT2D eigenvalue weighted by Crippen LogP contribution is -2.19. The first kappa shape index (κ1) is 9.68. The van der Waals surface area contributed by atoms with Crippen molar-refractivity contribution in [2.75, 3.05) is 0 Å². The highest BCUT2D eigenvalue weighted by atomic mass is 16.5. The first-order chi connectivity index (χ1) is 6.66. The van der Waals surface area contributed by atoms with E-state index in [9.17, 15) is 5.11 Å². The first-order valence-electron chi connectivity index (χ1n) is 5.00. The molecule has 2 rings (SSSR count). The smallest absolute Gasteiger partial charge is 0.124 e. The minimum absolute atomic E-state index is 0.0834. The molecule has 1 fully saturated rings. The molecular formula is C10H16N2O2. The van der Waals surface area contributed by atoms with Crippen molar-refractivity contribution in [1.29, 1.82) is 0 Å². The number of hydrogen-bond donors (Lipinski definition) is 1. The molecule has 14 heavy (non-hydrogen) atoms. The number of ether oxygens (including phenoxy) is 1. The number of aromatic nitrogens is 2. The Balaban J connectivity index is 2.05. The summed E-state index contributed by atoms with van der Waals surface area (Å²) in [6.07, 6.45) is 3.36. The van der Waals surface area contributed by atoms with Crippen molar-refractivity contribution in [3.8, 4) is 0 Å². The molecule has 0 radical (unpaired) electrons. The molecule has 1 aromatic rings. The molecule has 0 spiro atoms. The van der Waals surface area contributed by atoms with Gasteiger partial charge in [0.05, 0.1) is 17.9 Å². The molecule has 1 N–H and O–H groups in total. The third-order valence-electron chi connectivity index (χ3n) is 2.65. The second-order valence-corrected chi connectivity index (χ2v) is 3.92. The van der Waals surface area contributed by atoms with Crippen molar-refractivity contribution in [3.63, 3.8) is 0 Å². The maximum atomic E-state index is 9.95. The number of hydrogen-bond acceptors (Lipinski definition) is 3. The zero-order valence-electron chi connectivity index (χ0n) is 8.55. The van der Waals surface area contributed by atoms with Crippen LogP contribution in [0, 0.1) is 0 Å². The van der Waals surface area contributed by atoms with Crippen LogP contribution in [0.25, 0.3) is 0 Å². The maximum Gasteiger partial charge on any atom is 0.124 e. The molecule has 3 unspecified atom stereocenters. The van der Waals surface area contributed by atoms with Crippen LogP contribution < -0.4 is 0 Å². The molecule has 1 aromatic heterocycles. The van der Waals surface area contributed by atoms with Crippen LogP contribution in [0.2, 0.25) is 0 Å². The van der Waals surface area contributed by atoms with Gasteiger partial charge in [-0.1, -0.05) is 0 Å². The van der Waals surface area contributed by atoms with Gasteiger partial charge in [0.1, 0.15) is 6.10 Å². The van der Waals surface area contributed by atoms with E-state index < -0.39 is 6.10 Å². The van der Waals surface area contributed by atoms with Gasteiger partial charge in [-0.3, -0.25) is 4.68 Å². The predicted molar refractivity (Wildman–Crippen MR) is 51.7 cm³/mol. The summed E-state index contributed by atoms with van der Waals surface area (Å²) in [6, 6.07) is 1.83. The summed E-state index contributed by atoms with van der Waals surface area (Å²) in [5.41, 5.74) is 0.701. The van der Waals surface area contributed by atoms with E-state index in [1.54, 1.807) is 4.68 Å². The van der Waals surface area contributed by atoms with E-state index in [2.05, 4.69) is 5.10 Å². The Hall–Kier alpha value is -0.870. The van der Waals surface area contributed by atoms with Crippen molar-refractivity contribution in [1.82, 2.24) is 9.78 Å². The van der Waals surface area contributed by atoms with Crippen molar-refractivity contribution in [3.05, 3.63) is 18.0 Å². The van der Waals surface area contributed by atoms with E-state index >= 15 is 0 Å². The number of aliphatic hydroxyl groups is 1. The summed E-state index contributed by atoms with van der Waals surface area (Å²) in [4.78, 5) is 0. The molecule has 4 nitrogen and oxygen atoms in total. The van der Waals surface area contributed by atoms with Crippen LogP contribution in [0.3, 0.4) is 0 Å². The molecule has 1 aliphatic heterocycles. The summed E-state index contributed by atoms with van der Waals surface area (Å²) in [5, 5.41) is 14.1. The van der Waals surface area contributed by atoms with Crippen LogP contribution in [0.15, 0.2) is 12.3 Å². The third-order valence-corrected chi connectivity index (χ3v) is 2.65. The van der Waals surface area contributed by atoms with Gasteiger partial charge in [-0.05, 0) is 25.8 Å². The van der Waals surface area contributed by atoms with E-state index in [4.69, 9.17) is 4.74 Å². The zero-order valence-corrected chi connectivity index (χ0v) is 8.55. The van der Waals surface area contributed by atoms with Gasteiger partial charge in [0, 0.05) is 13.2 Å². The van der Waals surface area contributed by atoms with E-state index in [1.165, 1.54) is 0 Å². The van der Waals surface area contributed by atoms with Crippen LogP contribution in [0.1, 0.15) is 31.6 Å². The summed E-state index contributed by atoms with van der Waals surface area (Å²) < 4.78 is 7.28. The lowest BCUT2D eigenvalue weighted by molar-refractivity contribution is -0.0316. The quantitative estimate of drug-likeness (QED) is 0.768. The summed E-state index contributed by atoms with van der Waals surface area (Å²) in [6.45, 7) is 2.03. The average molecular weight is 196 g/mol. The Morgan fingerprint density at radius 1 is 1.64 bits per heavy atom. The Kier molecular flexibility index (Phi) is 2.56. The van der Waals surface area contributed by atoms with Crippen molar-refractivity contribution >= 4 is 0 Å². The predicted octanol–water partition coefficient (Wildman–Crippen LogP) is 1.02. The summed E-state index contributed by atoms with van der Waals surface area (Å²) in [5.74, 6) is 0. The van der Waals surface area contributed by atoms with E-state index in [-0.39, 0.29) is 12.2 Å². The lowest BCUT2D eigenvalue weighted by atomic mass is 10.1. The molecule has 1 saturated heterocycles. The van der Waals surface area contributed by atoms with E-state index in [0.29, 0.717) is 5.69 Å². The standard InChI is InChI=1S/C10H16N2O2/c1-7-3-4-9(14-7)10(13)8-5-6-12(2)11-8/h5-7,9-10,13H,3-4H2,1-2H3. The molecule has 1 aliphatic rings. The Labute approximate surface area is 83.5 Å². The van der Waals surface area contributed by atoms with Gasteiger partial charge in [0.2, 0.25) is 0 Å². The maximum absolute atomic E-state index is 9.95. The van der Waals surface area contributed by atoms with Crippen LogP contribution in [-0.2, 0) is 11.8 Å². The van der Waals surface area contributed by atoms with Gasteiger partial charge in [-0.15, -0.1) is 0 Å². The van der Waals surface area contributed by atoms with Crippen molar-refractivity contribution < 1.29 is 9.84 Å². The number of rotatable bonds is 2. The highest BCUT2D eigenvalue weighted by Crippen LogP contribution is 2.28. The van der Waals surface area contributed by atoms with E-state index in [0.717, 1.165) is 12.8 Å². The van der Waals surface area contributed by atoms with Gasteiger partial charge in [-0.2, -0.15) is 5.10 Å². The van der Waals surface area contributed by atoms with Gasteiger partial charge >= 0.3 is 0 Å². The molecule has 3 atom stereocenters. The third kappa shape index (κ3) is 1.81. The van der Waals surface area contributed by atoms with Crippen molar-refractivity contribution in [2.45, 2.75) is 38.1 Å². The SMILES string of the molecule is CC1CCC(C(O)c2ccn(C)n2)O1. The number of aliphatic hydroxyl groups excluding tert-OH is 1. The minimum atomic E-state index is -0.582. The molecule has 2 heterocycles. The topological polar surface area (TPSA) is 47.3 Å². The highest BCUT2D eigenvalue weighted by Gasteiger charge is 2.30. The van der Waals surface area contributed by atoms with Crippen LogP contribution in [-0.4, -0.2) is 27.1 Å². The van der Waals surface area contributed by atoms with Crippen LogP contribution >= 0.6 is 0 Å². The zero-order chi connectivity index (χ0) is 10.1. The lowest BCUT2D eigenvalue weighted by Gasteiger charge is -2.16. The monoisotopic (exact) mass is 196 g/mol. The van der Waals surface area contributed by atoms with Gasteiger partial charge in [-0.25, -0.2) is 0 Å². The Morgan fingerprint density at radius 2 is 2.43 bits per heavy atom. The van der Waals surface area contributed by atoms with Gasteiger partial charge in [0.15, 0.2) is 0 Å². The normalized spacial score (nSPS) is 29.4. The molecule has 0 aliphatic carbocycles. The second kappa shape index (κ2) is 3.71. The average Bonchev–Trinajstić information content (AvgIpc) is 2.73. The molecule has 4 heteroatoms. The molecule has 0 aromatic carbocycles. The fourth-order valence-corrected chi connectivity index (χ4v) is 1.85. The number of nitrogens with zero attached hydrogens (tertiary/aromatic N) is 2. The molecule has 78 valence electrons. The molecule has 0 bridgehead atoms. The van der Waals surface area contributed by atoms with Crippen LogP contribution in [0.4, 0.5) is 0 Å². The molecule has 0 amide bonds. The minimum Gasteiger partial charge on any atom is -0.384 e. The molecule has 0 saturated carbocycles.